The number of para-hydroxylation sites is 1. The van der Waals surface area contributed by atoms with E-state index in [1.54, 1.807) is 42.5 Å². The molecule has 2 aromatic rings. The molecule has 8 nitrogen and oxygen atoms in total. The van der Waals surface area contributed by atoms with Crippen LogP contribution in [0.4, 0.5) is 10.5 Å². The van der Waals surface area contributed by atoms with Crippen LogP contribution in [0.1, 0.15) is 5.56 Å². The van der Waals surface area contributed by atoms with Gasteiger partial charge in [-0.1, -0.05) is 34.1 Å². The molecule has 160 valence electrons. The van der Waals surface area contributed by atoms with E-state index in [0.717, 1.165) is 4.90 Å². The van der Waals surface area contributed by atoms with Crippen LogP contribution < -0.4 is 10.1 Å². The molecular weight excluding hydrogens is 488 g/mol. The monoisotopic (exact) mass is 504 g/mol. The van der Waals surface area contributed by atoms with E-state index >= 15 is 0 Å². The molecule has 1 saturated heterocycles. The molecule has 3 amide bonds. The third-order valence-electron chi connectivity index (χ3n) is 4.06. The van der Waals surface area contributed by atoms with Crippen LogP contribution in [0.2, 0.25) is 0 Å². The lowest BCUT2D eigenvalue weighted by Gasteiger charge is -2.11. The molecule has 0 aromatic heterocycles. The first-order valence-corrected chi connectivity index (χ1v) is 10.6. The molecular formula is C21H17BrN2O6S. The van der Waals surface area contributed by atoms with Crippen molar-refractivity contribution in [1.82, 2.24) is 4.90 Å². The summed E-state index contributed by atoms with van der Waals surface area (Å²) in [6, 6.07) is 14.0. The van der Waals surface area contributed by atoms with Crippen LogP contribution in [0.5, 0.6) is 5.75 Å². The van der Waals surface area contributed by atoms with E-state index in [4.69, 9.17) is 4.74 Å². The second-order valence-electron chi connectivity index (χ2n) is 6.23. The molecule has 1 aliphatic heterocycles. The van der Waals surface area contributed by atoms with E-state index in [9.17, 15) is 19.2 Å². The Morgan fingerprint density at radius 3 is 2.61 bits per heavy atom. The van der Waals surface area contributed by atoms with Crippen molar-refractivity contribution in [3.05, 3.63) is 63.5 Å². The number of esters is 1. The first-order chi connectivity index (χ1) is 14.9. The van der Waals surface area contributed by atoms with E-state index in [1.165, 1.54) is 13.2 Å². The molecule has 0 aliphatic carbocycles. The normalized spacial score (nSPS) is 14.6. The third-order valence-corrected chi connectivity index (χ3v) is 5.46. The van der Waals surface area contributed by atoms with Crippen molar-refractivity contribution in [3.8, 4) is 5.75 Å². The van der Waals surface area contributed by atoms with Gasteiger partial charge in [0.15, 0.2) is 6.61 Å². The molecule has 1 fully saturated rings. The van der Waals surface area contributed by atoms with Gasteiger partial charge in [-0.3, -0.25) is 24.1 Å². The average Bonchev–Trinajstić information content (AvgIpc) is 3.01. The summed E-state index contributed by atoms with van der Waals surface area (Å²) in [5.41, 5.74) is 1.14. The maximum Gasteiger partial charge on any atom is 0.325 e. The highest BCUT2D eigenvalue weighted by Crippen LogP contribution is 2.34. The van der Waals surface area contributed by atoms with Crippen LogP contribution in [0.3, 0.4) is 0 Å². The third kappa shape index (κ3) is 5.96. The summed E-state index contributed by atoms with van der Waals surface area (Å²) in [7, 11) is 1.18. The molecule has 3 rings (SSSR count). The van der Waals surface area contributed by atoms with Crippen molar-refractivity contribution in [3.63, 3.8) is 0 Å². The fourth-order valence-electron chi connectivity index (χ4n) is 2.60. The number of anilines is 1. The van der Waals surface area contributed by atoms with Crippen molar-refractivity contribution in [2.45, 2.75) is 0 Å². The first-order valence-electron chi connectivity index (χ1n) is 8.97. The summed E-state index contributed by atoms with van der Waals surface area (Å²) in [6.07, 6.45) is 1.48. The van der Waals surface area contributed by atoms with Crippen molar-refractivity contribution < 1.29 is 28.7 Å². The van der Waals surface area contributed by atoms with Gasteiger partial charge in [-0.05, 0) is 48.2 Å². The Morgan fingerprint density at radius 2 is 1.90 bits per heavy atom. The molecule has 1 aliphatic rings. The van der Waals surface area contributed by atoms with Crippen LogP contribution in [0.25, 0.3) is 6.08 Å². The Labute approximate surface area is 190 Å². The van der Waals surface area contributed by atoms with Crippen molar-refractivity contribution in [1.29, 1.82) is 0 Å². The smallest absolute Gasteiger partial charge is 0.325 e. The molecule has 0 unspecified atom stereocenters. The summed E-state index contributed by atoms with van der Waals surface area (Å²) in [4.78, 5) is 49.2. The van der Waals surface area contributed by atoms with Crippen LogP contribution in [0, 0.1) is 0 Å². The second kappa shape index (κ2) is 10.3. The summed E-state index contributed by atoms with van der Waals surface area (Å²) in [5, 5.41) is 2.15. The number of ether oxygens (including phenoxy) is 2. The summed E-state index contributed by atoms with van der Waals surface area (Å²) < 4.78 is 10.9. The molecule has 0 bridgehead atoms. The zero-order valence-electron chi connectivity index (χ0n) is 16.3. The van der Waals surface area contributed by atoms with E-state index < -0.39 is 23.7 Å². The summed E-state index contributed by atoms with van der Waals surface area (Å²) >= 11 is 4.07. The fourth-order valence-corrected chi connectivity index (χ4v) is 3.80. The van der Waals surface area contributed by atoms with Crippen molar-refractivity contribution >= 4 is 62.5 Å². The zero-order valence-corrected chi connectivity index (χ0v) is 18.7. The Hall–Kier alpha value is -3.11. The number of nitrogens with zero attached hydrogens (tertiary/aromatic N) is 1. The maximum absolute atomic E-state index is 12.5. The quantitative estimate of drug-likeness (QED) is 0.453. The number of carbonyl (C=O) groups excluding carboxylic acids is 4. The number of hydrogen-bond donors (Lipinski definition) is 1. The van der Waals surface area contributed by atoms with E-state index in [2.05, 4.69) is 26.0 Å². The molecule has 0 saturated carbocycles. The summed E-state index contributed by atoms with van der Waals surface area (Å²) in [5.74, 6) is -1.29. The van der Waals surface area contributed by atoms with Crippen LogP contribution in [-0.4, -0.2) is 48.2 Å². The van der Waals surface area contributed by atoms with Crippen LogP contribution in [0.15, 0.2) is 57.9 Å². The highest BCUT2D eigenvalue weighted by Gasteiger charge is 2.36. The van der Waals surface area contributed by atoms with Crippen LogP contribution in [-0.2, 0) is 19.1 Å². The van der Waals surface area contributed by atoms with Gasteiger partial charge in [0.05, 0.1) is 12.0 Å². The summed E-state index contributed by atoms with van der Waals surface area (Å²) in [6.45, 7) is -0.707. The number of amides is 3. The molecule has 31 heavy (non-hydrogen) atoms. The standard InChI is InChI=1S/C21H17BrN2O6S/c1-29-19(26)11-24-20(27)17(31-21(24)28)10-13-9-14(22)7-8-16(13)30-12-18(25)23-15-5-3-2-4-6-15/h2-10H,11-12H2,1H3,(H,23,25)/b17-10-. The predicted octanol–water partition coefficient (Wildman–Crippen LogP) is 3.68. The van der Waals surface area contributed by atoms with Gasteiger partial charge in [0, 0.05) is 15.7 Å². The van der Waals surface area contributed by atoms with Crippen molar-refractivity contribution in [2.24, 2.45) is 0 Å². The molecule has 2 aromatic carbocycles. The lowest BCUT2D eigenvalue weighted by Crippen LogP contribution is -2.34. The molecule has 0 spiro atoms. The molecule has 0 radical (unpaired) electrons. The highest BCUT2D eigenvalue weighted by atomic mass is 79.9. The Bertz CT molecular complexity index is 1060. The van der Waals surface area contributed by atoms with Gasteiger partial charge in [0.1, 0.15) is 12.3 Å². The lowest BCUT2D eigenvalue weighted by atomic mass is 10.2. The van der Waals surface area contributed by atoms with E-state index in [-0.39, 0.29) is 17.4 Å². The van der Waals surface area contributed by atoms with Gasteiger partial charge >= 0.3 is 5.97 Å². The van der Waals surface area contributed by atoms with Crippen LogP contribution >= 0.6 is 27.7 Å². The van der Waals surface area contributed by atoms with Crippen molar-refractivity contribution in [2.75, 3.05) is 25.6 Å². The van der Waals surface area contributed by atoms with Gasteiger partial charge < -0.3 is 14.8 Å². The minimum absolute atomic E-state index is 0.130. The topological polar surface area (TPSA) is 102 Å². The van der Waals surface area contributed by atoms with E-state index in [0.29, 0.717) is 33.2 Å². The highest BCUT2D eigenvalue weighted by molar-refractivity contribution is 9.10. The number of rotatable bonds is 7. The number of imide groups is 1. The fraction of sp³-hybridized carbons (Fsp3) is 0.143. The lowest BCUT2D eigenvalue weighted by molar-refractivity contribution is -0.143. The zero-order chi connectivity index (χ0) is 22.4. The number of carbonyl (C=O) groups is 4. The number of hydrogen-bond acceptors (Lipinski definition) is 7. The van der Waals surface area contributed by atoms with Gasteiger partial charge in [0.2, 0.25) is 0 Å². The largest absolute Gasteiger partial charge is 0.483 e. The Kier molecular flexibility index (Phi) is 7.48. The van der Waals surface area contributed by atoms with E-state index in [1.807, 2.05) is 6.07 Å². The number of thioether (sulfide) groups is 1. The average molecular weight is 505 g/mol. The van der Waals surface area contributed by atoms with Gasteiger partial charge in [-0.2, -0.15) is 0 Å². The molecule has 1 N–H and O–H groups in total. The number of halogens is 1. The second-order valence-corrected chi connectivity index (χ2v) is 8.14. The van der Waals surface area contributed by atoms with Gasteiger partial charge in [0.25, 0.3) is 17.1 Å². The molecule has 10 heteroatoms. The molecule has 1 heterocycles. The number of nitrogens with one attached hydrogen (secondary N) is 1. The predicted molar refractivity (Wildman–Crippen MR) is 119 cm³/mol. The number of benzene rings is 2. The maximum atomic E-state index is 12.5. The van der Waals surface area contributed by atoms with Gasteiger partial charge in [-0.25, -0.2) is 0 Å². The first kappa shape index (κ1) is 22.6. The minimum Gasteiger partial charge on any atom is -0.483 e. The Balaban J connectivity index is 1.74. The Morgan fingerprint density at radius 1 is 1.16 bits per heavy atom. The molecule has 0 atom stereocenters. The van der Waals surface area contributed by atoms with Gasteiger partial charge in [-0.15, -0.1) is 0 Å². The minimum atomic E-state index is -0.695. The number of methoxy groups -OCH3 is 1. The SMILES string of the molecule is COC(=O)CN1C(=O)S/C(=C\c2cc(Br)ccc2OCC(=O)Nc2ccccc2)C1=O.